The molecule has 27 heavy (non-hydrogen) atoms. The average Bonchev–Trinajstić information content (AvgIpc) is 3.12. The number of ether oxygens (including phenoxy) is 1. The Labute approximate surface area is 157 Å². The second kappa shape index (κ2) is 6.96. The lowest BCUT2D eigenvalue weighted by Gasteiger charge is -2.11. The van der Waals surface area contributed by atoms with E-state index >= 15 is 0 Å². The van der Waals surface area contributed by atoms with Crippen molar-refractivity contribution in [2.75, 3.05) is 12.4 Å². The highest BCUT2D eigenvalue weighted by Gasteiger charge is 2.14. The Morgan fingerprint density at radius 3 is 2.63 bits per heavy atom. The van der Waals surface area contributed by atoms with Crippen molar-refractivity contribution in [3.63, 3.8) is 0 Å². The molecule has 0 aliphatic rings. The van der Waals surface area contributed by atoms with Gasteiger partial charge in [-0.2, -0.15) is 0 Å². The monoisotopic (exact) mass is 357 g/mol. The van der Waals surface area contributed by atoms with Crippen molar-refractivity contribution in [3.05, 3.63) is 77.9 Å². The van der Waals surface area contributed by atoms with Crippen molar-refractivity contribution < 1.29 is 9.53 Å². The maximum atomic E-state index is 12.8. The Kier molecular flexibility index (Phi) is 4.34. The van der Waals surface area contributed by atoms with Crippen LogP contribution in [0.3, 0.4) is 0 Å². The molecule has 4 rings (SSSR count). The molecule has 134 valence electrons. The van der Waals surface area contributed by atoms with E-state index in [0.29, 0.717) is 22.8 Å². The van der Waals surface area contributed by atoms with Crippen LogP contribution in [0.15, 0.2) is 66.7 Å². The third kappa shape index (κ3) is 3.27. The topological polar surface area (TPSA) is 67.0 Å². The van der Waals surface area contributed by atoms with Gasteiger partial charge in [0.05, 0.1) is 23.8 Å². The first-order valence-corrected chi connectivity index (χ1v) is 8.66. The molecule has 3 aromatic carbocycles. The van der Waals surface area contributed by atoms with Crippen molar-refractivity contribution >= 4 is 22.6 Å². The van der Waals surface area contributed by atoms with Gasteiger partial charge in [0.25, 0.3) is 5.91 Å². The van der Waals surface area contributed by atoms with Gasteiger partial charge in [-0.1, -0.05) is 30.3 Å². The van der Waals surface area contributed by atoms with Crippen LogP contribution in [0, 0.1) is 6.92 Å². The Hall–Kier alpha value is -3.60. The molecule has 5 heteroatoms. The number of nitrogens with one attached hydrogen (secondary N) is 2. The van der Waals surface area contributed by atoms with Gasteiger partial charge in [-0.15, -0.1) is 0 Å². The van der Waals surface area contributed by atoms with E-state index in [1.165, 1.54) is 0 Å². The molecule has 0 aliphatic heterocycles. The van der Waals surface area contributed by atoms with E-state index in [-0.39, 0.29) is 5.91 Å². The van der Waals surface area contributed by atoms with Crippen molar-refractivity contribution in [2.45, 2.75) is 6.92 Å². The van der Waals surface area contributed by atoms with E-state index < -0.39 is 0 Å². The van der Waals surface area contributed by atoms with Gasteiger partial charge >= 0.3 is 0 Å². The van der Waals surface area contributed by atoms with Gasteiger partial charge in [0.1, 0.15) is 11.6 Å². The summed E-state index contributed by atoms with van der Waals surface area (Å²) in [6.45, 7) is 1.94. The molecule has 0 aliphatic carbocycles. The number of H-pyrrole nitrogens is 1. The van der Waals surface area contributed by atoms with Crippen LogP contribution in [-0.2, 0) is 0 Å². The van der Waals surface area contributed by atoms with Crippen LogP contribution in [0.25, 0.3) is 22.4 Å². The van der Waals surface area contributed by atoms with Crippen LogP contribution >= 0.6 is 0 Å². The number of imidazole rings is 1. The third-order valence-corrected chi connectivity index (χ3v) is 4.49. The number of benzene rings is 3. The number of para-hydroxylation sites is 3. The molecule has 0 saturated heterocycles. The summed E-state index contributed by atoms with van der Waals surface area (Å²) in [5.41, 5.74) is 4.89. The third-order valence-electron chi connectivity index (χ3n) is 4.49. The predicted octanol–water partition coefficient (Wildman–Crippen LogP) is 4.80. The first-order valence-electron chi connectivity index (χ1n) is 8.66. The van der Waals surface area contributed by atoms with Crippen molar-refractivity contribution in [2.24, 2.45) is 0 Å². The largest absolute Gasteiger partial charge is 0.496 e. The van der Waals surface area contributed by atoms with Gasteiger partial charge in [-0.3, -0.25) is 4.79 Å². The number of aromatic nitrogens is 2. The van der Waals surface area contributed by atoms with Gasteiger partial charge in [0.15, 0.2) is 0 Å². The van der Waals surface area contributed by atoms with Crippen LogP contribution in [0.4, 0.5) is 5.69 Å². The number of nitrogens with zero attached hydrogens (tertiary/aromatic N) is 1. The molecule has 1 heterocycles. The van der Waals surface area contributed by atoms with Crippen LogP contribution in [-0.4, -0.2) is 23.0 Å². The number of hydrogen-bond donors (Lipinski definition) is 2. The number of methoxy groups -OCH3 is 1. The summed E-state index contributed by atoms with van der Waals surface area (Å²) in [6, 6.07) is 20.9. The molecule has 0 unspecified atom stereocenters. The lowest BCUT2D eigenvalue weighted by molar-refractivity contribution is 0.102. The van der Waals surface area contributed by atoms with E-state index in [0.717, 1.165) is 22.2 Å². The smallest absolute Gasteiger partial charge is 0.255 e. The minimum atomic E-state index is -0.197. The highest BCUT2D eigenvalue weighted by Crippen LogP contribution is 2.28. The van der Waals surface area contributed by atoms with E-state index in [1.54, 1.807) is 19.2 Å². The van der Waals surface area contributed by atoms with Gasteiger partial charge in [0, 0.05) is 11.1 Å². The predicted molar refractivity (Wildman–Crippen MR) is 107 cm³/mol. The molecule has 0 spiro atoms. The first kappa shape index (κ1) is 16.8. The van der Waals surface area contributed by atoms with E-state index in [9.17, 15) is 4.79 Å². The Morgan fingerprint density at radius 2 is 1.81 bits per heavy atom. The Bertz CT molecular complexity index is 1100. The number of fused-ring (bicyclic) bond motifs is 1. The number of carbonyl (C=O) groups is 1. The molecule has 0 atom stereocenters. The zero-order valence-electron chi connectivity index (χ0n) is 15.1. The SMILES string of the molecule is COc1cc(C(=O)Nc2ccccc2-c2nc3ccccc3[nH]2)ccc1C. The zero-order chi connectivity index (χ0) is 18.8. The van der Waals surface area contributed by atoms with Crippen molar-refractivity contribution in [1.29, 1.82) is 0 Å². The van der Waals surface area contributed by atoms with Crippen molar-refractivity contribution in [1.82, 2.24) is 9.97 Å². The fraction of sp³-hybridized carbons (Fsp3) is 0.0909. The fourth-order valence-corrected chi connectivity index (χ4v) is 3.03. The number of anilines is 1. The summed E-state index contributed by atoms with van der Waals surface area (Å²) < 4.78 is 5.32. The second-order valence-corrected chi connectivity index (χ2v) is 6.29. The molecular formula is C22H19N3O2. The summed E-state index contributed by atoms with van der Waals surface area (Å²) >= 11 is 0. The minimum absolute atomic E-state index is 0.197. The highest BCUT2D eigenvalue weighted by atomic mass is 16.5. The second-order valence-electron chi connectivity index (χ2n) is 6.29. The quantitative estimate of drug-likeness (QED) is 0.551. The van der Waals surface area contributed by atoms with E-state index in [4.69, 9.17) is 4.74 Å². The number of carbonyl (C=O) groups excluding carboxylic acids is 1. The summed E-state index contributed by atoms with van der Waals surface area (Å²) in [7, 11) is 1.60. The van der Waals surface area contributed by atoms with Crippen LogP contribution in [0.2, 0.25) is 0 Å². The molecule has 0 radical (unpaired) electrons. The molecule has 1 amide bonds. The van der Waals surface area contributed by atoms with Gasteiger partial charge in [-0.05, 0) is 48.9 Å². The number of aromatic amines is 1. The summed E-state index contributed by atoms with van der Waals surface area (Å²) in [5, 5.41) is 2.99. The molecule has 1 aromatic heterocycles. The first-order chi connectivity index (χ1) is 13.2. The minimum Gasteiger partial charge on any atom is -0.496 e. The average molecular weight is 357 g/mol. The number of rotatable bonds is 4. The molecule has 4 aromatic rings. The van der Waals surface area contributed by atoms with Crippen molar-refractivity contribution in [3.8, 4) is 17.1 Å². The normalized spacial score (nSPS) is 10.7. The molecule has 5 nitrogen and oxygen atoms in total. The summed E-state index contributed by atoms with van der Waals surface area (Å²) in [5.74, 6) is 1.21. The fourth-order valence-electron chi connectivity index (χ4n) is 3.03. The lowest BCUT2D eigenvalue weighted by atomic mass is 10.1. The summed E-state index contributed by atoms with van der Waals surface area (Å²) in [6.07, 6.45) is 0. The Balaban J connectivity index is 1.68. The number of aryl methyl sites for hydroxylation is 1. The maximum Gasteiger partial charge on any atom is 0.255 e. The standard InChI is InChI=1S/C22H19N3O2/c1-14-11-12-15(13-20(14)27-2)22(26)25-17-8-4-3-7-16(17)21-23-18-9-5-6-10-19(18)24-21/h3-13H,1-2H3,(H,23,24)(H,25,26). The van der Waals surface area contributed by atoms with E-state index in [2.05, 4.69) is 15.3 Å². The lowest BCUT2D eigenvalue weighted by Crippen LogP contribution is -2.13. The molecule has 0 fully saturated rings. The molecule has 0 saturated carbocycles. The van der Waals surface area contributed by atoms with E-state index in [1.807, 2.05) is 61.5 Å². The molecule has 0 bridgehead atoms. The molecular weight excluding hydrogens is 338 g/mol. The van der Waals surface area contributed by atoms with Gasteiger partial charge in [0.2, 0.25) is 0 Å². The number of amides is 1. The van der Waals surface area contributed by atoms with Gasteiger partial charge in [-0.25, -0.2) is 4.98 Å². The molecule has 2 N–H and O–H groups in total. The van der Waals surface area contributed by atoms with Crippen LogP contribution < -0.4 is 10.1 Å². The van der Waals surface area contributed by atoms with Crippen LogP contribution in [0.1, 0.15) is 15.9 Å². The summed E-state index contributed by atoms with van der Waals surface area (Å²) in [4.78, 5) is 20.7. The zero-order valence-corrected chi connectivity index (χ0v) is 15.1. The highest BCUT2D eigenvalue weighted by molar-refractivity contribution is 6.06. The maximum absolute atomic E-state index is 12.8. The number of hydrogen-bond acceptors (Lipinski definition) is 3. The van der Waals surface area contributed by atoms with Crippen LogP contribution in [0.5, 0.6) is 5.75 Å². The van der Waals surface area contributed by atoms with Gasteiger partial charge < -0.3 is 15.0 Å². The Morgan fingerprint density at radius 1 is 1.04 bits per heavy atom.